The van der Waals surface area contributed by atoms with Gasteiger partial charge in [-0.25, -0.2) is 0 Å². The zero-order valence-electron chi connectivity index (χ0n) is 24.2. The molecule has 0 spiro atoms. The van der Waals surface area contributed by atoms with E-state index < -0.39 is 62.2 Å². The zero-order chi connectivity index (χ0) is 35.0. The van der Waals surface area contributed by atoms with Crippen molar-refractivity contribution in [3.63, 3.8) is 0 Å². The van der Waals surface area contributed by atoms with Crippen LogP contribution in [-0.4, -0.2) is 65.5 Å². The minimum Gasteiger partial charge on any atom is -0.505 e. The number of azo groups is 1. The number of para-hydroxylation sites is 1. The van der Waals surface area contributed by atoms with Crippen LogP contribution in [0.15, 0.2) is 97.7 Å². The maximum atomic E-state index is 12.4. The molecule has 0 aliphatic heterocycles. The molecule has 17 nitrogen and oxygen atoms in total. The lowest BCUT2D eigenvalue weighted by molar-refractivity contribution is 0.472. The molecule has 1 heterocycles. The lowest BCUT2D eigenvalue weighted by Gasteiger charge is -2.21. The average Bonchev–Trinajstić information content (AvgIpc) is 2.99. The summed E-state index contributed by atoms with van der Waals surface area (Å²) in [5.74, 6) is -1.22. The van der Waals surface area contributed by atoms with E-state index in [9.17, 15) is 44.0 Å². The summed E-state index contributed by atoms with van der Waals surface area (Å²) in [6.07, 6.45) is 0. The Morgan fingerprint density at radius 3 is 2.06 bits per heavy atom. The maximum Gasteiger partial charge on any atom is 0.296 e. The summed E-state index contributed by atoms with van der Waals surface area (Å²) < 4.78 is 102. The normalized spacial score (nSPS) is 12.4. The van der Waals surface area contributed by atoms with Crippen molar-refractivity contribution in [1.82, 2.24) is 15.0 Å². The van der Waals surface area contributed by atoms with E-state index in [1.165, 1.54) is 12.1 Å². The van der Waals surface area contributed by atoms with Crippen LogP contribution in [0.1, 0.15) is 6.92 Å². The van der Waals surface area contributed by atoms with E-state index in [-0.39, 0.29) is 33.6 Å². The Kier molecular flexibility index (Phi) is 9.34. The molecule has 0 aliphatic rings. The van der Waals surface area contributed by atoms with Gasteiger partial charge in [-0.2, -0.15) is 40.2 Å². The van der Waals surface area contributed by atoms with Gasteiger partial charge in [-0.15, -0.1) is 10.2 Å². The van der Waals surface area contributed by atoms with Gasteiger partial charge in [-0.05, 0) is 66.4 Å². The molecular weight excluding hydrogens is 714 g/mol. The summed E-state index contributed by atoms with van der Waals surface area (Å²) in [6.45, 7) is 2.19. The van der Waals surface area contributed by atoms with Crippen LogP contribution in [0.4, 0.5) is 34.6 Å². The van der Waals surface area contributed by atoms with Gasteiger partial charge in [0.1, 0.15) is 21.2 Å². The molecule has 0 amide bonds. The number of halogens is 1. The van der Waals surface area contributed by atoms with Crippen molar-refractivity contribution in [3.05, 3.63) is 78.1 Å². The predicted molar refractivity (Wildman–Crippen MR) is 173 cm³/mol. The molecule has 48 heavy (non-hydrogen) atoms. The van der Waals surface area contributed by atoms with Gasteiger partial charge in [0.2, 0.25) is 17.2 Å². The topological polar surface area (TPSA) is 262 Å². The molecule has 0 bridgehead atoms. The van der Waals surface area contributed by atoms with Crippen molar-refractivity contribution in [2.45, 2.75) is 21.6 Å². The molecule has 21 heteroatoms. The van der Waals surface area contributed by atoms with Gasteiger partial charge in [-0.1, -0.05) is 30.3 Å². The van der Waals surface area contributed by atoms with E-state index in [1.54, 1.807) is 35.2 Å². The minimum atomic E-state index is -5.23. The van der Waals surface area contributed by atoms with E-state index in [0.29, 0.717) is 12.2 Å². The van der Waals surface area contributed by atoms with Gasteiger partial charge < -0.3 is 15.3 Å². The van der Waals surface area contributed by atoms with Gasteiger partial charge in [0.05, 0.1) is 10.6 Å². The highest BCUT2D eigenvalue weighted by molar-refractivity contribution is 7.86. The predicted octanol–water partition coefficient (Wildman–Crippen LogP) is 5.44. The molecular formula is C27H22ClN7O10S3. The number of hydrogen-bond donors (Lipinski definition) is 5. The highest BCUT2D eigenvalue weighted by atomic mass is 35.5. The first-order chi connectivity index (χ1) is 22.5. The number of rotatable bonds is 10. The van der Waals surface area contributed by atoms with Gasteiger partial charge in [0, 0.05) is 17.6 Å². The average molecular weight is 736 g/mol. The van der Waals surface area contributed by atoms with E-state index >= 15 is 0 Å². The lowest BCUT2D eigenvalue weighted by Crippen LogP contribution is -2.19. The molecule has 0 unspecified atom stereocenters. The zero-order valence-corrected chi connectivity index (χ0v) is 27.4. The number of fused-ring (bicyclic) bond motifs is 1. The van der Waals surface area contributed by atoms with E-state index in [0.717, 1.165) is 30.3 Å². The van der Waals surface area contributed by atoms with Crippen molar-refractivity contribution >= 4 is 87.4 Å². The number of nitrogens with one attached hydrogen (secondary N) is 1. The molecule has 0 fully saturated rings. The monoisotopic (exact) mass is 735 g/mol. The molecule has 0 saturated carbocycles. The fourth-order valence-corrected chi connectivity index (χ4v) is 6.53. The van der Waals surface area contributed by atoms with Crippen molar-refractivity contribution in [2.75, 3.05) is 16.8 Å². The van der Waals surface area contributed by atoms with E-state index in [1.807, 2.05) is 6.92 Å². The molecule has 5 N–H and O–H groups in total. The summed E-state index contributed by atoms with van der Waals surface area (Å²) in [6, 6.07) is 16.0. The number of anilines is 4. The molecule has 0 saturated heterocycles. The standard InChI is InChI=1S/C27H22ClN7O10S3/c1-2-35(16-8-4-3-5-9-16)27-31-25(28)30-26(32-27)29-19-14-17(46(37,38)39)12-15-13-21(48(43,44)45)23(24(36)22(15)19)34-33-18-10-6-7-11-20(18)47(40,41)42/h3-14,36H,2H2,1H3,(H,37,38,39)(H,40,41,42)(H,43,44,45)(H,29,30,31,32). The quantitative estimate of drug-likeness (QED) is 0.0883. The van der Waals surface area contributed by atoms with Crippen LogP contribution in [0.5, 0.6) is 5.75 Å². The van der Waals surface area contributed by atoms with Gasteiger partial charge >= 0.3 is 0 Å². The number of hydrogen-bond acceptors (Lipinski definition) is 14. The summed E-state index contributed by atoms with van der Waals surface area (Å²) in [5.41, 5.74) is -1.02. The molecule has 0 atom stereocenters. The van der Waals surface area contributed by atoms with Crippen molar-refractivity contribution in [1.29, 1.82) is 0 Å². The molecule has 250 valence electrons. The molecule has 0 aliphatic carbocycles. The second kappa shape index (κ2) is 13.0. The van der Waals surface area contributed by atoms with E-state index in [2.05, 4.69) is 30.5 Å². The summed E-state index contributed by atoms with van der Waals surface area (Å²) in [7, 11) is -15.0. The number of aromatic nitrogens is 3. The second-order valence-electron chi connectivity index (χ2n) is 9.67. The Bertz CT molecular complexity index is 2430. The first-order valence-electron chi connectivity index (χ1n) is 13.3. The Morgan fingerprint density at radius 2 is 1.44 bits per heavy atom. The number of benzene rings is 4. The van der Waals surface area contributed by atoms with Crippen molar-refractivity contribution < 1.29 is 44.0 Å². The van der Waals surface area contributed by atoms with Gasteiger partial charge in [0.15, 0.2) is 5.75 Å². The highest BCUT2D eigenvalue weighted by Crippen LogP contribution is 2.46. The fraction of sp³-hybridized carbons (Fsp3) is 0.0741. The van der Waals surface area contributed by atoms with Crippen LogP contribution < -0.4 is 10.2 Å². The van der Waals surface area contributed by atoms with Crippen LogP contribution in [0, 0.1) is 0 Å². The summed E-state index contributed by atoms with van der Waals surface area (Å²) in [5, 5.41) is 20.5. The van der Waals surface area contributed by atoms with Crippen LogP contribution >= 0.6 is 11.6 Å². The maximum absolute atomic E-state index is 12.4. The first kappa shape index (κ1) is 34.5. The number of nitrogens with zero attached hydrogens (tertiary/aromatic N) is 6. The smallest absolute Gasteiger partial charge is 0.296 e. The van der Waals surface area contributed by atoms with Crippen molar-refractivity contribution in [2.24, 2.45) is 10.2 Å². The molecule has 5 rings (SSSR count). The highest BCUT2D eigenvalue weighted by Gasteiger charge is 2.26. The Balaban J connectivity index is 1.75. The third kappa shape index (κ3) is 7.33. The Hall–Kier alpha value is -4.83. The molecule has 5 aromatic rings. The number of phenolic OH excluding ortho intramolecular Hbond substituents is 1. The van der Waals surface area contributed by atoms with Crippen LogP contribution in [0.3, 0.4) is 0 Å². The second-order valence-corrected chi connectivity index (χ2v) is 14.2. The van der Waals surface area contributed by atoms with Gasteiger partial charge in [0.25, 0.3) is 30.4 Å². The third-order valence-electron chi connectivity index (χ3n) is 6.57. The third-order valence-corrected chi connectivity index (χ3v) is 9.34. The number of phenols is 1. The Labute approximate surface area is 277 Å². The van der Waals surface area contributed by atoms with Gasteiger partial charge in [-0.3, -0.25) is 13.7 Å². The summed E-state index contributed by atoms with van der Waals surface area (Å²) in [4.78, 5) is 11.6. The Morgan fingerprint density at radius 1 is 0.792 bits per heavy atom. The van der Waals surface area contributed by atoms with Crippen LogP contribution in [0.2, 0.25) is 5.28 Å². The summed E-state index contributed by atoms with van der Waals surface area (Å²) >= 11 is 6.20. The van der Waals surface area contributed by atoms with Crippen LogP contribution in [-0.2, 0) is 30.4 Å². The lowest BCUT2D eigenvalue weighted by atomic mass is 10.1. The molecule has 0 radical (unpaired) electrons. The first-order valence-corrected chi connectivity index (χ1v) is 18.0. The van der Waals surface area contributed by atoms with Crippen molar-refractivity contribution in [3.8, 4) is 5.75 Å². The SMILES string of the molecule is CCN(c1ccccc1)c1nc(Cl)nc(Nc2cc(S(=O)(=O)O)cc3cc(S(=O)(=O)O)c(N=Nc4ccccc4S(=O)(=O)O)c(O)c23)n1. The minimum absolute atomic E-state index is 0.0614. The van der Waals surface area contributed by atoms with E-state index in [4.69, 9.17) is 11.6 Å². The molecule has 4 aromatic carbocycles. The van der Waals surface area contributed by atoms with Crippen LogP contribution in [0.25, 0.3) is 10.8 Å². The largest absolute Gasteiger partial charge is 0.505 e. The fourth-order valence-electron chi connectivity index (χ4n) is 4.55. The molecule has 1 aromatic heterocycles. The number of aromatic hydroxyl groups is 1.